The van der Waals surface area contributed by atoms with Crippen LogP contribution in [0.5, 0.6) is 0 Å². The summed E-state index contributed by atoms with van der Waals surface area (Å²) in [5, 5.41) is 12.5. The summed E-state index contributed by atoms with van der Waals surface area (Å²) >= 11 is 0. The summed E-state index contributed by atoms with van der Waals surface area (Å²) in [5.74, 6) is 1.69. The molecule has 7 aromatic carbocycles. The van der Waals surface area contributed by atoms with Gasteiger partial charge in [-0.25, -0.2) is 15.0 Å². The Morgan fingerprint density at radius 3 is 1.40 bits per heavy atom. The van der Waals surface area contributed by atoms with Crippen molar-refractivity contribution in [2.75, 3.05) is 0 Å². The Labute approximate surface area is 308 Å². The predicted molar refractivity (Wildman–Crippen MR) is 216 cm³/mol. The van der Waals surface area contributed by atoms with Crippen molar-refractivity contribution in [3.8, 4) is 68.2 Å². The number of nitrogens with zero attached hydrogens (tertiary/aromatic N) is 5. The Morgan fingerprint density at radius 2 is 0.906 bits per heavy atom. The maximum Gasteiger partial charge on any atom is 0.166 e. The molecule has 0 aliphatic carbocycles. The summed E-state index contributed by atoms with van der Waals surface area (Å²) in [6, 6.07) is 58.5. The van der Waals surface area contributed by atoms with E-state index >= 15 is 0 Å². The van der Waals surface area contributed by atoms with Crippen molar-refractivity contribution < 1.29 is 0 Å². The van der Waals surface area contributed by atoms with E-state index in [2.05, 4.69) is 109 Å². The fourth-order valence-corrected chi connectivity index (χ4v) is 7.32. The maximum atomic E-state index is 10.2. The first-order valence-electron chi connectivity index (χ1n) is 17.7. The van der Waals surface area contributed by atoms with Crippen molar-refractivity contribution >= 4 is 21.8 Å². The fourth-order valence-electron chi connectivity index (χ4n) is 7.32. The highest BCUT2D eigenvalue weighted by Crippen LogP contribution is 2.40. The number of fused-ring (bicyclic) bond motifs is 3. The van der Waals surface area contributed by atoms with Gasteiger partial charge in [0.25, 0.3) is 0 Å². The zero-order chi connectivity index (χ0) is 35.9. The topological polar surface area (TPSA) is 67.4 Å². The molecule has 0 fully saturated rings. The molecule has 0 unspecified atom stereocenters. The average molecular weight is 680 g/mol. The van der Waals surface area contributed by atoms with Crippen LogP contribution in [-0.4, -0.2) is 19.5 Å². The van der Waals surface area contributed by atoms with Gasteiger partial charge in [0.2, 0.25) is 0 Å². The molecule has 0 radical (unpaired) electrons. The molecule has 0 bridgehead atoms. The summed E-state index contributed by atoms with van der Waals surface area (Å²) in [6.07, 6.45) is 0. The van der Waals surface area contributed by atoms with E-state index in [4.69, 9.17) is 15.0 Å². The molecule has 0 aliphatic heterocycles. The van der Waals surface area contributed by atoms with E-state index < -0.39 is 0 Å². The monoisotopic (exact) mass is 679 g/mol. The number of aryl methyl sites for hydroxylation is 2. The SMILES string of the molecule is Cc1ccccc1-c1ccc2c(c1)c1cc(-c3ccccc3C)ccc1n2-c1cc(C#N)ccc1-c1nc(-c2ccccc2)nc(-c2ccccc2)n1. The van der Waals surface area contributed by atoms with Gasteiger partial charge in [0.1, 0.15) is 0 Å². The number of aromatic nitrogens is 4. The molecule has 2 heterocycles. The Kier molecular flexibility index (Phi) is 7.91. The van der Waals surface area contributed by atoms with Crippen molar-refractivity contribution in [1.29, 1.82) is 5.26 Å². The highest BCUT2D eigenvalue weighted by molar-refractivity contribution is 6.12. The van der Waals surface area contributed by atoms with Gasteiger partial charge in [-0.2, -0.15) is 5.26 Å². The molecule has 0 aliphatic rings. The fraction of sp³-hybridized carbons (Fsp3) is 0.0417. The predicted octanol–water partition coefficient (Wildman–Crippen LogP) is 11.8. The second kappa shape index (κ2) is 13.2. The molecule has 250 valence electrons. The maximum absolute atomic E-state index is 10.2. The van der Waals surface area contributed by atoms with Gasteiger partial charge in [-0.05, 0) is 89.7 Å². The number of hydrogen-bond acceptors (Lipinski definition) is 4. The molecule has 0 atom stereocenters. The van der Waals surface area contributed by atoms with Crippen molar-refractivity contribution in [3.63, 3.8) is 0 Å². The molecule has 9 aromatic rings. The standard InChI is InChI=1S/C48H33N5/c1-31-13-9-11-19-38(31)36-22-25-43-41(28-36)42-29-37(39-20-12-10-14-32(39)2)23-26-44(42)53(43)45-27-33(30-49)21-24-40(45)48-51-46(34-15-5-3-6-16-34)50-47(52-48)35-17-7-4-8-18-35/h3-29H,1-2H3. The lowest BCUT2D eigenvalue weighted by Crippen LogP contribution is -2.04. The highest BCUT2D eigenvalue weighted by Gasteiger charge is 2.21. The van der Waals surface area contributed by atoms with E-state index in [1.807, 2.05) is 78.9 Å². The van der Waals surface area contributed by atoms with Crippen LogP contribution in [0.1, 0.15) is 16.7 Å². The first-order chi connectivity index (χ1) is 26.1. The third-order valence-electron chi connectivity index (χ3n) is 9.99. The molecule has 53 heavy (non-hydrogen) atoms. The summed E-state index contributed by atoms with van der Waals surface area (Å²) < 4.78 is 2.26. The van der Waals surface area contributed by atoms with E-state index in [9.17, 15) is 5.26 Å². The second-order valence-electron chi connectivity index (χ2n) is 13.3. The van der Waals surface area contributed by atoms with E-state index in [-0.39, 0.29) is 0 Å². The van der Waals surface area contributed by atoms with Crippen molar-refractivity contribution in [3.05, 3.63) is 180 Å². The normalized spacial score (nSPS) is 11.2. The van der Waals surface area contributed by atoms with Gasteiger partial charge < -0.3 is 4.57 Å². The molecule has 5 heteroatoms. The largest absolute Gasteiger partial charge is 0.308 e. The summed E-state index contributed by atoms with van der Waals surface area (Å²) in [6.45, 7) is 4.31. The Bertz CT molecular complexity index is 2700. The summed E-state index contributed by atoms with van der Waals surface area (Å²) in [5.41, 5.74) is 13.1. The lowest BCUT2D eigenvalue weighted by Gasteiger charge is -2.15. The van der Waals surface area contributed by atoms with E-state index in [0.717, 1.165) is 55.3 Å². The van der Waals surface area contributed by atoms with Crippen LogP contribution in [0.3, 0.4) is 0 Å². The van der Waals surface area contributed by atoms with Crippen LogP contribution >= 0.6 is 0 Å². The van der Waals surface area contributed by atoms with Gasteiger partial charge in [-0.15, -0.1) is 0 Å². The second-order valence-corrected chi connectivity index (χ2v) is 13.3. The Hall–Kier alpha value is -7.16. The minimum Gasteiger partial charge on any atom is -0.308 e. The van der Waals surface area contributed by atoms with Gasteiger partial charge in [0.05, 0.1) is 28.4 Å². The van der Waals surface area contributed by atoms with Crippen molar-refractivity contribution in [2.24, 2.45) is 0 Å². The zero-order valence-corrected chi connectivity index (χ0v) is 29.3. The molecule has 0 spiro atoms. The van der Waals surface area contributed by atoms with E-state index in [0.29, 0.717) is 23.0 Å². The average Bonchev–Trinajstić information content (AvgIpc) is 3.54. The molecule has 5 nitrogen and oxygen atoms in total. The van der Waals surface area contributed by atoms with Crippen LogP contribution in [0.4, 0.5) is 0 Å². The molecular formula is C48H33N5. The van der Waals surface area contributed by atoms with Crippen LogP contribution in [-0.2, 0) is 0 Å². The van der Waals surface area contributed by atoms with Gasteiger partial charge in [0.15, 0.2) is 17.5 Å². The van der Waals surface area contributed by atoms with Crippen LogP contribution in [0.25, 0.3) is 83.9 Å². The molecular weight excluding hydrogens is 647 g/mol. The minimum atomic E-state index is 0.528. The molecule has 0 N–H and O–H groups in total. The molecule has 0 amide bonds. The van der Waals surface area contributed by atoms with E-state index in [1.54, 1.807) is 0 Å². The Morgan fingerprint density at radius 1 is 0.434 bits per heavy atom. The number of nitriles is 1. The third kappa shape index (κ3) is 5.73. The molecule has 2 aromatic heterocycles. The number of rotatable bonds is 6. The lowest BCUT2D eigenvalue weighted by molar-refractivity contribution is 1.06. The summed E-state index contributed by atoms with van der Waals surface area (Å²) in [7, 11) is 0. The van der Waals surface area contributed by atoms with Crippen LogP contribution in [0.15, 0.2) is 164 Å². The first kappa shape index (κ1) is 31.8. The van der Waals surface area contributed by atoms with Gasteiger partial charge >= 0.3 is 0 Å². The molecule has 9 rings (SSSR count). The summed E-state index contributed by atoms with van der Waals surface area (Å²) in [4.78, 5) is 15.1. The zero-order valence-electron chi connectivity index (χ0n) is 29.3. The lowest BCUT2D eigenvalue weighted by atomic mass is 9.97. The van der Waals surface area contributed by atoms with Crippen LogP contribution in [0, 0.1) is 25.2 Å². The minimum absolute atomic E-state index is 0.528. The molecule has 0 saturated carbocycles. The van der Waals surface area contributed by atoms with Crippen molar-refractivity contribution in [2.45, 2.75) is 13.8 Å². The number of benzene rings is 7. The van der Waals surface area contributed by atoms with Crippen LogP contribution < -0.4 is 0 Å². The quantitative estimate of drug-likeness (QED) is 0.175. The van der Waals surface area contributed by atoms with E-state index in [1.165, 1.54) is 22.3 Å². The molecule has 0 saturated heterocycles. The third-order valence-corrected chi connectivity index (χ3v) is 9.99. The van der Waals surface area contributed by atoms with Crippen molar-refractivity contribution in [1.82, 2.24) is 19.5 Å². The number of hydrogen-bond donors (Lipinski definition) is 0. The smallest absolute Gasteiger partial charge is 0.166 e. The van der Waals surface area contributed by atoms with Gasteiger partial charge in [0, 0.05) is 27.5 Å². The van der Waals surface area contributed by atoms with Crippen LogP contribution in [0.2, 0.25) is 0 Å². The Balaban J connectivity index is 1.34. The van der Waals surface area contributed by atoms with Gasteiger partial charge in [-0.3, -0.25) is 0 Å². The first-order valence-corrected chi connectivity index (χ1v) is 17.7. The highest BCUT2D eigenvalue weighted by atomic mass is 15.1. The van der Waals surface area contributed by atoms with Gasteiger partial charge in [-0.1, -0.05) is 121 Å².